The molecule has 0 aromatic heterocycles. The second kappa shape index (κ2) is 5.71. The molecule has 0 aliphatic carbocycles. The predicted octanol–water partition coefficient (Wildman–Crippen LogP) is 2.82. The predicted molar refractivity (Wildman–Crippen MR) is 71.5 cm³/mol. The van der Waals surface area contributed by atoms with Crippen LogP contribution >= 0.6 is 11.6 Å². The first-order valence-electron chi connectivity index (χ1n) is 6.15. The molecule has 0 bridgehead atoms. The average molecular weight is 265 g/mol. The van der Waals surface area contributed by atoms with Gasteiger partial charge in [-0.25, -0.2) is 0 Å². The number of nitrogens with zero attached hydrogens (tertiary/aromatic N) is 2. The minimum absolute atomic E-state index is 0.255. The van der Waals surface area contributed by atoms with Gasteiger partial charge in [-0.2, -0.15) is 5.26 Å². The molecule has 18 heavy (non-hydrogen) atoms. The van der Waals surface area contributed by atoms with Crippen molar-refractivity contribution in [3.05, 3.63) is 34.3 Å². The van der Waals surface area contributed by atoms with E-state index in [-0.39, 0.29) is 12.2 Å². The number of hydrogen-bond donors (Lipinski definition) is 0. The minimum Gasteiger partial charge on any atom is -0.373 e. The fourth-order valence-electron chi connectivity index (χ4n) is 2.40. The van der Waals surface area contributed by atoms with Gasteiger partial charge >= 0.3 is 0 Å². The molecule has 0 radical (unpaired) electrons. The van der Waals surface area contributed by atoms with Gasteiger partial charge in [-0.3, -0.25) is 4.90 Å². The normalized spacial score (nSPS) is 24.8. The molecule has 1 heterocycles. The lowest BCUT2D eigenvalue weighted by atomic mass is 10.1. The summed E-state index contributed by atoms with van der Waals surface area (Å²) >= 11 is 6.19. The molecule has 2 atom stereocenters. The van der Waals surface area contributed by atoms with Crippen molar-refractivity contribution in [2.24, 2.45) is 0 Å². The van der Waals surface area contributed by atoms with Crippen LogP contribution in [0.15, 0.2) is 18.2 Å². The first kappa shape index (κ1) is 13.4. The highest BCUT2D eigenvalue weighted by molar-refractivity contribution is 6.31. The van der Waals surface area contributed by atoms with Crippen LogP contribution in [0.25, 0.3) is 0 Å². The number of rotatable bonds is 2. The molecule has 0 amide bonds. The standard InChI is InChI=1S/C14H17ClN2O/c1-10-7-17(8-11(2)18-10)9-13-4-3-12(6-16)5-14(13)15/h3-5,10-11H,7-9H2,1-2H3/t10-,11-/m1/s1. The van der Waals surface area contributed by atoms with Crippen molar-refractivity contribution >= 4 is 11.6 Å². The number of ether oxygens (including phenoxy) is 1. The number of halogens is 1. The van der Waals surface area contributed by atoms with E-state index in [4.69, 9.17) is 21.6 Å². The highest BCUT2D eigenvalue weighted by Crippen LogP contribution is 2.21. The molecule has 2 rings (SSSR count). The second-order valence-corrected chi connectivity index (χ2v) is 5.28. The van der Waals surface area contributed by atoms with Gasteiger partial charge in [-0.15, -0.1) is 0 Å². The quantitative estimate of drug-likeness (QED) is 0.824. The van der Waals surface area contributed by atoms with Crippen molar-refractivity contribution < 1.29 is 4.74 Å². The van der Waals surface area contributed by atoms with Crippen molar-refractivity contribution in [1.29, 1.82) is 5.26 Å². The summed E-state index contributed by atoms with van der Waals surface area (Å²) in [5.74, 6) is 0. The third kappa shape index (κ3) is 3.23. The van der Waals surface area contributed by atoms with Crippen LogP contribution in [0.3, 0.4) is 0 Å². The summed E-state index contributed by atoms with van der Waals surface area (Å²) in [5, 5.41) is 9.48. The number of hydrogen-bond acceptors (Lipinski definition) is 3. The Labute approximate surface area is 113 Å². The Balaban J connectivity index is 2.07. The first-order valence-corrected chi connectivity index (χ1v) is 6.52. The highest BCUT2D eigenvalue weighted by atomic mass is 35.5. The van der Waals surface area contributed by atoms with Crippen LogP contribution in [0, 0.1) is 11.3 Å². The molecule has 96 valence electrons. The van der Waals surface area contributed by atoms with Gasteiger partial charge in [0, 0.05) is 24.7 Å². The summed E-state index contributed by atoms with van der Waals surface area (Å²) in [6.45, 7) is 6.82. The van der Waals surface area contributed by atoms with Gasteiger partial charge in [0.2, 0.25) is 0 Å². The van der Waals surface area contributed by atoms with E-state index < -0.39 is 0 Å². The molecule has 1 aliphatic heterocycles. The minimum atomic E-state index is 0.255. The summed E-state index contributed by atoms with van der Waals surface area (Å²) in [5.41, 5.74) is 1.67. The molecule has 0 N–H and O–H groups in total. The Bertz CT molecular complexity index is 459. The van der Waals surface area contributed by atoms with E-state index >= 15 is 0 Å². The number of benzene rings is 1. The van der Waals surface area contributed by atoms with Crippen LogP contribution in [0.4, 0.5) is 0 Å². The van der Waals surface area contributed by atoms with Crippen LogP contribution in [0.1, 0.15) is 25.0 Å². The molecule has 0 spiro atoms. The summed E-state index contributed by atoms with van der Waals surface area (Å²) in [4.78, 5) is 2.34. The molecular weight excluding hydrogens is 248 g/mol. The van der Waals surface area contributed by atoms with Gasteiger partial charge < -0.3 is 4.74 Å². The largest absolute Gasteiger partial charge is 0.373 e. The zero-order chi connectivity index (χ0) is 13.1. The van der Waals surface area contributed by atoms with Gasteiger partial charge in [-0.1, -0.05) is 17.7 Å². The van der Waals surface area contributed by atoms with Crippen molar-refractivity contribution in [1.82, 2.24) is 4.90 Å². The third-order valence-corrected chi connectivity index (χ3v) is 3.42. The fourth-order valence-corrected chi connectivity index (χ4v) is 2.64. The zero-order valence-electron chi connectivity index (χ0n) is 10.7. The van der Waals surface area contributed by atoms with E-state index in [9.17, 15) is 0 Å². The van der Waals surface area contributed by atoms with Gasteiger partial charge in [0.1, 0.15) is 0 Å². The molecular formula is C14H17ClN2O. The van der Waals surface area contributed by atoms with Crippen molar-refractivity contribution in [2.75, 3.05) is 13.1 Å². The van der Waals surface area contributed by atoms with Crippen LogP contribution in [0.2, 0.25) is 5.02 Å². The number of morpholine rings is 1. The van der Waals surface area contributed by atoms with Gasteiger partial charge in [0.05, 0.1) is 23.8 Å². The maximum atomic E-state index is 8.81. The molecule has 1 aliphatic rings. The summed E-state index contributed by atoms with van der Waals surface area (Å²) in [6, 6.07) is 7.57. The van der Waals surface area contributed by atoms with E-state index in [2.05, 4.69) is 24.8 Å². The Morgan fingerprint density at radius 3 is 2.61 bits per heavy atom. The van der Waals surface area contributed by atoms with E-state index in [1.54, 1.807) is 6.07 Å². The second-order valence-electron chi connectivity index (χ2n) is 4.87. The van der Waals surface area contributed by atoms with Crippen molar-refractivity contribution in [3.8, 4) is 6.07 Å². The molecule has 4 heteroatoms. The smallest absolute Gasteiger partial charge is 0.0992 e. The van der Waals surface area contributed by atoms with Gasteiger partial charge in [0.15, 0.2) is 0 Å². The topological polar surface area (TPSA) is 36.3 Å². The Kier molecular flexibility index (Phi) is 4.23. The van der Waals surface area contributed by atoms with Crippen molar-refractivity contribution in [3.63, 3.8) is 0 Å². The SMILES string of the molecule is C[C@@H]1CN(Cc2ccc(C#N)cc2Cl)C[C@@H](C)O1. The van der Waals surface area contributed by atoms with E-state index in [1.807, 2.05) is 12.1 Å². The monoisotopic (exact) mass is 264 g/mol. The summed E-state index contributed by atoms with van der Waals surface area (Å²) in [7, 11) is 0. The van der Waals surface area contributed by atoms with Crippen LogP contribution in [0.5, 0.6) is 0 Å². The fraction of sp³-hybridized carbons (Fsp3) is 0.500. The molecule has 1 saturated heterocycles. The van der Waals surface area contributed by atoms with E-state index in [1.165, 1.54) is 0 Å². The molecule has 1 aromatic rings. The average Bonchev–Trinajstić information content (AvgIpc) is 2.30. The summed E-state index contributed by atoms with van der Waals surface area (Å²) in [6.07, 6.45) is 0.511. The molecule has 0 unspecified atom stereocenters. The molecule has 3 nitrogen and oxygen atoms in total. The van der Waals surface area contributed by atoms with Crippen LogP contribution in [-0.4, -0.2) is 30.2 Å². The maximum absolute atomic E-state index is 8.81. The third-order valence-electron chi connectivity index (χ3n) is 3.07. The van der Waals surface area contributed by atoms with Gasteiger partial charge in [-0.05, 0) is 31.5 Å². The lowest BCUT2D eigenvalue weighted by Crippen LogP contribution is -2.44. The molecule has 0 saturated carbocycles. The zero-order valence-corrected chi connectivity index (χ0v) is 11.4. The Morgan fingerprint density at radius 1 is 1.39 bits per heavy atom. The van der Waals surface area contributed by atoms with Gasteiger partial charge in [0.25, 0.3) is 0 Å². The van der Waals surface area contributed by atoms with Crippen LogP contribution in [-0.2, 0) is 11.3 Å². The Morgan fingerprint density at radius 2 is 2.06 bits per heavy atom. The van der Waals surface area contributed by atoms with E-state index in [0.29, 0.717) is 10.6 Å². The van der Waals surface area contributed by atoms with Crippen LogP contribution < -0.4 is 0 Å². The van der Waals surface area contributed by atoms with Crippen molar-refractivity contribution in [2.45, 2.75) is 32.6 Å². The first-order chi connectivity index (χ1) is 8.58. The molecule has 1 aromatic carbocycles. The van der Waals surface area contributed by atoms with E-state index in [0.717, 1.165) is 25.2 Å². The lowest BCUT2D eigenvalue weighted by Gasteiger charge is -2.35. The Hall–Kier alpha value is -1.08. The summed E-state index contributed by atoms with van der Waals surface area (Å²) < 4.78 is 5.70. The molecule has 1 fully saturated rings. The maximum Gasteiger partial charge on any atom is 0.0992 e. The highest BCUT2D eigenvalue weighted by Gasteiger charge is 2.22. The lowest BCUT2D eigenvalue weighted by molar-refractivity contribution is -0.0704. The number of nitriles is 1.